The Kier molecular flexibility index (Phi) is 4.77. The van der Waals surface area contributed by atoms with Crippen LogP contribution in [-0.2, 0) is 11.3 Å². The molecule has 0 N–H and O–H groups in total. The van der Waals surface area contributed by atoms with Gasteiger partial charge in [0, 0.05) is 37.4 Å². The van der Waals surface area contributed by atoms with E-state index < -0.39 is 0 Å². The number of hydrogen-bond donors (Lipinski definition) is 0. The molecule has 2 fully saturated rings. The fourth-order valence-electron chi connectivity index (χ4n) is 4.62. The molecule has 3 heterocycles. The molecule has 0 radical (unpaired) electrons. The molecule has 0 atom stereocenters. The molecule has 1 saturated carbocycles. The van der Waals surface area contributed by atoms with Gasteiger partial charge in [-0.05, 0) is 43.4 Å². The first-order valence-corrected chi connectivity index (χ1v) is 10.5. The summed E-state index contributed by atoms with van der Waals surface area (Å²) in [5.41, 5.74) is 3.43. The van der Waals surface area contributed by atoms with Crippen LogP contribution in [0.25, 0.3) is 22.3 Å². The zero-order chi connectivity index (χ0) is 18.9. The second-order valence-electron chi connectivity index (χ2n) is 8.21. The molecule has 1 aliphatic carbocycles. The van der Waals surface area contributed by atoms with Crippen molar-refractivity contribution in [3.63, 3.8) is 0 Å². The maximum atomic E-state index is 5.58. The van der Waals surface area contributed by atoms with Crippen LogP contribution in [0.15, 0.2) is 36.7 Å². The molecule has 0 spiro atoms. The quantitative estimate of drug-likeness (QED) is 0.675. The van der Waals surface area contributed by atoms with Gasteiger partial charge in [0.25, 0.3) is 0 Å². The number of ether oxygens (including phenoxy) is 1. The molecule has 1 aliphatic heterocycles. The summed E-state index contributed by atoms with van der Waals surface area (Å²) in [6.07, 6.45) is 9.48. The van der Waals surface area contributed by atoms with E-state index in [0.717, 1.165) is 61.5 Å². The Morgan fingerprint density at radius 1 is 1.11 bits per heavy atom. The molecule has 1 saturated heterocycles. The van der Waals surface area contributed by atoms with E-state index in [1.165, 1.54) is 36.6 Å². The van der Waals surface area contributed by atoms with E-state index in [4.69, 9.17) is 14.7 Å². The molecule has 146 valence electrons. The molecule has 2 aliphatic rings. The highest BCUT2D eigenvalue weighted by atomic mass is 16.5. The standard InChI is InChI=1S/C23H28N4O/c1-17-6-7-19-15-20(22-24-8-9-27(22)16-18-4-2-3-5-18)23(25-21(19)14-17)26-10-12-28-13-11-26/h6-9,14-15,18H,2-5,10-13,16H2,1H3. The van der Waals surface area contributed by atoms with Gasteiger partial charge < -0.3 is 14.2 Å². The Bertz CT molecular complexity index is 968. The van der Waals surface area contributed by atoms with E-state index in [0.29, 0.717) is 0 Å². The minimum atomic E-state index is 0.753. The zero-order valence-corrected chi connectivity index (χ0v) is 16.6. The number of aryl methyl sites for hydroxylation is 1. The summed E-state index contributed by atoms with van der Waals surface area (Å²) >= 11 is 0. The number of hydrogen-bond acceptors (Lipinski definition) is 4. The van der Waals surface area contributed by atoms with Crippen molar-refractivity contribution < 1.29 is 4.74 Å². The summed E-state index contributed by atoms with van der Waals surface area (Å²) in [5, 5.41) is 1.17. The van der Waals surface area contributed by atoms with Crippen LogP contribution in [0.3, 0.4) is 0 Å². The summed E-state index contributed by atoms with van der Waals surface area (Å²) in [7, 11) is 0. The van der Waals surface area contributed by atoms with Crippen LogP contribution in [0.1, 0.15) is 31.2 Å². The fourth-order valence-corrected chi connectivity index (χ4v) is 4.62. The van der Waals surface area contributed by atoms with Crippen LogP contribution >= 0.6 is 0 Å². The highest BCUT2D eigenvalue weighted by Gasteiger charge is 2.23. The first kappa shape index (κ1) is 17.7. The van der Waals surface area contributed by atoms with Gasteiger partial charge in [0.1, 0.15) is 11.6 Å². The van der Waals surface area contributed by atoms with Gasteiger partial charge in [-0.3, -0.25) is 0 Å². The highest BCUT2D eigenvalue weighted by Crippen LogP contribution is 2.34. The zero-order valence-electron chi connectivity index (χ0n) is 16.6. The number of imidazole rings is 1. The number of fused-ring (bicyclic) bond motifs is 1. The van der Waals surface area contributed by atoms with Crippen molar-refractivity contribution in [2.75, 3.05) is 31.2 Å². The van der Waals surface area contributed by atoms with Crippen molar-refractivity contribution in [1.82, 2.24) is 14.5 Å². The average molecular weight is 377 g/mol. The largest absolute Gasteiger partial charge is 0.378 e. The van der Waals surface area contributed by atoms with Gasteiger partial charge in [0.2, 0.25) is 0 Å². The summed E-state index contributed by atoms with van der Waals surface area (Å²) in [6, 6.07) is 8.79. The van der Waals surface area contributed by atoms with E-state index in [2.05, 4.69) is 46.9 Å². The maximum absolute atomic E-state index is 5.58. The molecule has 0 amide bonds. The smallest absolute Gasteiger partial charge is 0.143 e. The van der Waals surface area contributed by atoms with Crippen LogP contribution in [0, 0.1) is 12.8 Å². The topological polar surface area (TPSA) is 43.2 Å². The molecule has 5 rings (SSSR count). The molecule has 28 heavy (non-hydrogen) atoms. The summed E-state index contributed by atoms with van der Waals surface area (Å²) in [5.74, 6) is 2.86. The van der Waals surface area contributed by atoms with E-state index in [1.807, 2.05) is 6.20 Å². The Balaban J connectivity index is 1.61. The van der Waals surface area contributed by atoms with Crippen molar-refractivity contribution in [3.8, 4) is 11.4 Å². The van der Waals surface area contributed by atoms with Crippen LogP contribution in [0.4, 0.5) is 5.82 Å². The third-order valence-corrected chi connectivity index (χ3v) is 6.15. The van der Waals surface area contributed by atoms with Crippen LogP contribution in [0.2, 0.25) is 0 Å². The molecule has 5 nitrogen and oxygen atoms in total. The minimum Gasteiger partial charge on any atom is -0.378 e. The first-order valence-electron chi connectivity index (χ1n) is 10.5. The predicted molar refractivity (Wildman–Crippen MR) is 113 cm³/mol. The van der Waals surface area contributed by atoms with E-state index in [-0.39, 0.29) is 0 Å². The van der Waals surface area contributed by atoms with Gasteiger partial charge >= 0.3 is 0 Å². The number of benzene rings is 1. The summed E-state index contributed by atoms with van der Waals surface area (Å²) in [6.45, 7) is 6.44. The second kappa shape index (κ2) is 7.55. The summed E-state index contributed by atoms with van der Waals surface area (Å²) in [4.78, 5) is 12.2. The van der Waals surface area contributed by atoms with Gasteiger partial charge in [-0.15, -0.1) is 0 Å². The highest BCUT2D eigenvalue weighted by molar-refractivity contribution is 5.88. The van der Waals surface area contributed by atoms with Gasteiger partial charge in [-0.1, -0.05) is 25.0 Å². The molecule has 3 aromatic rings. The van der Waals surface area contributed by atoms with Crippen molar-refractivity contribution in [1.29, 1.82) is 0 Å². The normalized spacial score (nSPS) is 18.2. The lowest BCUT2D eigenvalue weighted by molar-refractivity contribution is 0.122. The Labute approximate surface area is 166 Å². The Morgan fingerprint density at radius 3 is 2.75 bits per heavy atom. The lowest BCUT2D eigenvalue weighted by Crippen LogP contribution is -2.37. The van der Waals surface area contributed by atoms with Gasteiger partial charge in [0.15, 0.2) is 0 Å². The maximum Gasteiger partial charge on any atom is 0.143 e. The lowest BCUT2D eigenvalue weighted by Gasteiger charge is -2.30. The molecule has 0 bridgehead atoms. The minimum absolute atomic E-state index is 0.753. The molecule has 5 heteroatoms. The number of anilines is 1. The molecular weight excluding hydrogens is 348 g/mol. The third-order valence-electron chi connectivity index (χ3n) is 6.15. The van der Waals surface area contributed by atoms with E-state index in [9.17, 15) is 0 Å². The Hall–Kier alpha value is -2.40. The van der Waals surface area contributed by atoms with E-state index in [1.54, 1.807) is 0 Å². The van der Waals surface area contributed by atoms with Crippen LogP contribution in [-0.4, -0.2) is 40.8 Å². The van der Waals surface area contributed by atoms with Crippen molar-refractivity contribution in [2.24, 2.45) is 5.92 Å². The van der Waals surface area contributed by atoms with Crippen molar-refractivity contribution >= 4 is 16.7 Å². The van der Waals surface area contributed by atoms with Crippen LogP contribution < -0.4 is 4.90 Å². The predicted octanol–water partition coefficient (Wildman–Crippen LogP) is 4.43. The molecule has 0 unspecified atom stereocenters. The van der Waals surface area contributed by atoms with Crippen LogP contribution in [0.5, 0.6) is 0 Å². The second-order valence-corrected chi connectivity index (χ2v) is 8.21. The monoisotopic (exact) mass is 376 g/mol. The fraction of sp³-hybridized carbons (Fsp3) is 0.478. The number of pyridine rings is 1. The van der Waals surface area contributed by atoms with Crippen molar-refractivity contribution in [2.45, 2.75) is 39.2 Å². The van der Waals surface area contributed by atoms with E-state index >= 15 is 0 Å². The van der Waals surface area contributed by atoms with Gasteiger partial charge in [-0.25, -0.2) is 9.97 Å². The first-order chi connectivity index (χ1) is 13.8. The van der Waals surface area contributed by atoms with Gasteiger partial charge in [0.05, 0.1) is 24.3 Å². The lowest BCUT2D eigenvalue weighted by atomic mass is 10.1. The summed E-state index contributed by atoms with van der Waals surface area (Å²) < 4.78 is 7.92. The SMILES string of the molecule is Cc1ccc2cc(-c3nccn3CC3CCCC3)c(N3CCOCC3)nc2c1. The molecular formula is C23H28N4O. The number of nitrogens with zero attached hydrogens (tertiary/aromatic N) is 4. The number of morpholine rings is 1. The van der Waals surface area contributed by atoms with Crippen molar-refractivity contribution in [3.05, 3.63) is 42.2 Å². The Morgan fingerprint density at radius 2 is 1.93 bits per heavy atom. The van der Waals surface area contributed by atoms with Gasteiger partial charge in [-0.2, -0.15) is 0 Å². The number of aromatic nitrogens is 3. The molecule has 2 aromatic heterocycles. The third kappa shape index (κ3) is 3.39. The molecule has 1 aromatic carbocycles. The average Bonchev–Trinajstić information content (AvgIpc) is 3.40. The number of rotatable bonds is 4.